The molecular weight excluding hydrogens is 737 g/mol. The second-order valence-corrected chi connectivity index (χ2v) is 11.3. The third-order valence-electron chi connectivity index (χ3n) is 6.37. The molecular formula is C28H29BrF9N5O5. The van der Waals surface area contributed by atoms with Gasteiger partial charge in [0.2, 0.25) is 5.95 Å². The standard InChI is InChI=1S/C24H27BrF3N5O.2C2HF3O2/c1-33(2)22-19-5-3-4-6-20(19)31-23(32-22)30-18-10-7-15(11-18)13-29-14-16-8-9-17(25)12-21(16)34-24(26,27)28;2*3-2(4,5)1(6)7/h3-6,8-9,12,15,18,29H,7,10-11,13-14H2,1-2H3,(H,30,31,32);2*(H,6,7)/t15-,18+;;/m1../s1. The van der Waals surface area contributed by atoms with Crippen LogP contribution in [-0.4, -0.2) is 77.5 Å². The van der Waals surface area contributed by atoms with Crippen molar-refractivity contribution < 1.29 is 64.1 Å². The smallest absolute Gasteiger partial charge is 0.475 e. The van der Waals surface area contributed by atoms with E-state index in [0.29, 0.717) is 35.0 Å². The quantitative estimate of drug-likeness (QED) is 0.178. The summed E-state index contributed by atoms with van der Waals surface area (Å²) in [5.74, 6) is -3.81. The summed E-state index contributed by atoms with van der Waals surface area (Å²) in [6.07, 6.45) is -11.9. The first-order valence-corrected chi connectivity index (χ1v) is 14.4. The first-order valence-electron chi connectivity index (χ1n) is 13.6. The average molecular weight is 766 g/mol. The van der Waals surface area contributed by atoms with E-state index in [2.05, 4.69) is 36.3 Å². The molecule has 48 heavy (non-hydrogen) atoms. The minimum absolute atomic E-state index is 0.189. The Balaban J connectivity index is 0.000000479. The molecule has 4 rings (SSSR count). The van der Waals surface area contributed by atoms with Crippen molar-refractivity contribution in [3.8, 4) is 5.75 Å². The van der Waals surface area contributed by atoms with Crippen LogP contribution in [-0.2, 0) is 16.1 Å². The van der Waals surface area contributed by atoms with Crippen molar-refractivity contribution in [2.24, 2.45) is 5.92 Å². The number of para-hydroxylation sites is 1. The highest BCUT2D eigenvalue weighted by Crippen LogP contribution is 2.31. The number of halogens is 10. The Morgan fingerprint density at radius 1 is 0.938 bits per heavy atom. The van der Waals surface area contributed by atoms with Gasteiger partial charge in [0.15, 0.2) is 0 Å². The van der Waals surface area contributed by atoms with Crippen molar-refractivity contribution in [2.75, 3.05) is 30.9 Å². The number of nitrogens with zero attached hydrogens (tertiary/aromatic N) is 3. The number of carbonyl (C=O) groups is 2. The van der Waals surface area contributed by atoms with Crippen LogP contribution in [0, 0.1) is 5.92 Å². The van der Waals surface area contributed by atoms with Gasteiger partial charge in [-0.15, -0.1) is 13.2 Å². The number of hydrogen-bond acceptors (Lipinski definition) is 8. The number of hydrogen-bond donors (Lipinski definition) is 4. The van der Waals surface area contributed by atoms with Crippen molar-refractivity contribution in [1.82, 2.24) is 15.3 Å². The summed E-state index contributed by atoms with van der Waals surface area (Å²) in [6.45, 7) is 1.01. The molecule has 0 unspecified atom stereocenters. The van der Waals surface area contributed by atoms with Crippen LogP contribution in [0.15, 0.2) is 46.9 Å². The predicted molar refractivity (Wildman–Crippen MR) is 159 cm³/mol. The fourth-order valence-electron chi connectivity index (χ4n) is 4.34. The maximum absolute atomic E-state index is 12.7. The van der Waals surface area contributed by atoms with Crippen molar-refractivity contribution in [3.63, 3.8) is 0 Å². The van der Waals surface area contributed by atoms with Crippen LogP contribution in [0.4, 0.5) is 51.3 Å². The van der Waals surface area contributed by atoms with Crippen molar-refractivity contribution in [2.45, 2.75) is 50.6 Å². The Morgan fingerprint density at radius 2 is 1.52 bits per heavy atom. The summed E-state index contributed by atoms with van der Waals surface area (Å²) in [4.78, 5) is 29.2. The Hall–Kier alpha value is -4.07. The molecule has 2 aromatic carbocycles. The van der Waals surface area contributed by atoms with Gasteiger partial charge in [-0.25, -0.2) is 14.6 Å². The van der Waals surface area contributed by atoms with Crippen LogP contribution in [0.1, 0.15) is 24.8 Å². The fraction of sp³-hybridized carbons (Fsp3) is 0.429. The number of alkyl halides is 9. The summed E-state index contributed by atoms with van der Waals surface area (Å²) in [5.41, 5.74) is 1.36. The second kappa shape index (κ2) is 16.8. The van der Waals surface area contributed by atoms with Gasteiger partial charge < -0.3 is 30.5 Å². The molecule has 0 saturated heterocycles. The number of aliphatic carboxylic acids is 2. The number of fused-ring (bicyclic) bond motifs is 1. The summed E-state index contributed by atoms with van der Waals surface area (Å²) < 4.78 is 106. The topological polar surface area (TPSA) is 137 Å². The Labute approximate surface area is 275 Å². The van der Waals surface area contributed by atoms with Gasteiger partial charge in [-0.1, -0.05) is 34.1 Å². The number of ether oxygens (including phenoxy) is 1. The number of anilines is 2. The van der Waals surface area contributed by atoms with Gasteiger partial charge in [-0.2, -0.15) is 31.3 Å². The van der Waals surface area contributed by atoms with E-state index < -0.39 is 30.7 Å². The van der Waals surface area contributed by atoms with E-state index in [-0.39, 0.29) is 11.8 Å². The molecule has 0 aliphatic heterocycles. The minimum atomic E-state index is -5.08. The lowest BCUT2D eigenvalue weighted by atomic mass is 10.1. The van der Waals surface area contributed by atoms with Gasteiger partial charge in [-0.3, -0.25) is 0 Å². The highest BCUT2D eigenvalue weighted by molar-refractivity contribution is 9.10. The third kappa shape index (κ3) is 13.6. The molecule has 0 radical (unpaired) electrons. The molecule has 1 aromatic heterocycles. The maximum atomic E-state index is 12.7. The molecule has 266 valence electrons. The van der Waals surface area contributed by atoms with Gasteiger partial charge in [0.05, 0.1) is 5.52 Å². The summed E-state index contributed by atoms with van der Waals surface area (Å²) >= 11 is 3.20. The molecule has 1 aliphatic rings. The molecule has 4 N–H and O–H groups in total. The highest BCUT2D eigenvalue weighted by atomic mass is 79.9. The molecule has 0 spiro atoms. The first-order chi connectivity index (χ1) is 22.1. The third-order valence-corrected chi connectivity index (χ3v) is 6.86. The highest BCUT2D eigenvalue weighted by Gasteiger charge is 2.39. The van der Waals surface area contributed by atoms with E-state index in [1.54, 1.807) is 12.1 Å². The van der Waals surface area contributed by atoms with E-state index in [9.17, 15) is 39.5 Å². The predicted octanol–water partition coefficient (Wildman–Crippen LogP) is 6.99. The summed E-state index contributed by atoms with van der Waals surface area (Å²) in [6, 6.07) is 12.9. The van der Waals surface area contributed by atoms with E-state index in [0.717, 1.165) is 36.0 Å². The van der Waals surface area contributed by atoms with Crippen LogP contribution in [0.5, 0.6) is 5.75 Å². The molecule has 0 amide bonds. The largest absolute Gasteiger partial charge is 0.573 e. The SMILES string of the molecule is CN(C)c1nc(N[C@H]2CC[C@@H](CNCc3ccc(Br)cc3OC(F)(F)F)C2)nc2ccccc12.O=C(O)C(F)(F)F.O=C(O)C(F)(F)F. The summed E-state index contributed by atoms with van der Waals surface area (Å²) in [7, 11) is 3.93. The monoisotopic (exact) mass is 765 g/mol. The Bertz CT molecular complexity index is 1510. The number of aromatic nitrogens is 2. The molecule has 10 nitrogen and oxygen atoms in total. The minimum Gasteiger partial charge on any atom is -0.475 e. The first kappa shape index (κ1) is 40.1. The van der Waals surface area contributed by atoms with Gasteiger partial charge >= 0.3 is 30.7 Å². The zero-order valence-electron chi connectivity index (χ0n) is 25.0. The van der Waals surface area contributed by atoms with E-state index >= 15 is 0 Å². The van der Waals surface area contributed by atoms with E-state index in [1.807, 2.05) is 43.3 Å². The number of carboxylic acid groups (broad SMARTS) is 2. The van der Waals surface area contributed by atoms with Crippen molar-refractivity contribution >= 4 is 50.5 Å². The lowest BCUT2D eigenvalue weighted by Crippen LogP contribution is -2.24. The van der Waals surface area contributed by atoms with Crippen LogP contribution < -0.4 is 20.3 Å². The molecule has 3 aromatic rings. The van der Waals surface area contributed by atoms with Gasteiger partial charge in [0, 0.05) is 42.1 Å². The normalized spacial score (nSPS) is 16.2. The Morgan fingerprint density at radius 3 is 2.06 bits per heavy atom. The molecule has 1 fully saturated rings. The molecule has 1 saturated carbocycles. The zero-order chi connectivity index (χ0) is 36.4. The number of nitrogens with one attached hydrogen (secondary N) is 2. The maximum Gasteiger partial charge on any atom is 0.573 e. The van der Waals surface area contributed by atoms with Gasteiger partial charge in [0.1, 0.15) is 11.6 Å². The van der Waals surface area contributed by atoms with Crippen molar-refractivity contribution in [3.05, 3.63) is 52.5 Å². The van der Waals surface area contributed by atoms with Crippen LogP contribution in [0.25, 0.3) is 10.9 Å². The second-order valence-electron chi connectivity index (χ2n) is 10.3. The molecule has 0 bridgehead atoms. The molecule has 2 atom stereocenters. The number of benzene rings is 2. The molecule has 1 heterocycles. The van der Waals surface area contributed by atoms with Crippen LogP contribution in [0.3, 0.4) is 0 Å². The lowest BCUT2D eigenvalue weighted by Gasteiger charge is -2.18. The fourth-order valence-corrected chi connectivity index (χ4v) is 4.68. The van der Waals surface area contributed by atoms with E-state index in [4.69, 9.17) is 24.8 Å². The van der Waals surface area contributed by atoms with Crippen LogP contribution >= 0.6 is 15.9 Å². The molecule has 1 aliphatic carbocycles. The lowest BCUT2D eigenvalue weighted by molar-refractivity contribution is -0.275. The van der Waals surface area contributed by atoms with Gasteiger partial charge in [-0.05, 0) is 56.0 Å². The van der Waals surface area contributed by atoms with Crippen molar-refractivity contribution in [1.29, 1.82) is 0 Å². The van der Waals surface area contributed by atoms with Gasteiger partial charge in [0.25, 0.3) is 0 Å². The molecule has 20 heteroatoms. The average Bonchev–Trinajstić information content (AvgIpc) is 3.39. The number of rotatable bonds is 8. The van der Waals surface area contributed by atoms with E-state index in [1.165, 1.54) is 6.07 Å². The number of carboxylic acids is 2. The van der Waals surface area contributed by atoms with Crippen LogP contribution in [0.2, 0.25) is 0 Å². The zero-order valence-corrected chi connectivity index (χ0v) is 26.6. The Kier molecular flexibility index (Phi) is 14.1. The summed E-state index contributed by atoms with van der Waals surface area (Å²) in [5, 5.41) is 22.0.